The van der Waals surface area contributed by atoms with Crippen molar-refractivity contribution >= 4 is 5.91 Å². The minimum atomic E-state index is -0.230. The van der Waals surface area contributed by atoms with E-state index in [2.05, 4.69) is 9.88 Å². The first-order valence-electron chi connectivity index (χ1n) is 10.4. The molecule has 1 aromatic rings. The van der Waals surface area contributed by atoms with Crippen molar-refractivity contribution in [2.45, 2.75) is 38.7 Å². The van der Waals surface area contributed by atoms with E-state index in [1.54, 1.807) is 20.1 Å². The van der Waals surface area contributed by atoms with E-state index >= 15 is 0 Å². The fourth-order valence-corrected chi connectivity index (χ4v) is 4.19. The molecule has 0 saturated carbocycles. The van der Waals surface area contributed by atoms with Crippen LogP contribution in [0.2, 0.25) is 0 Å². The van der Waals surface area contributed by atoms with Crippen LogP contribution < -0.4 is 5.56 Å². The maximum absolute atomic E-state index is 13.2. The summed E-state index contributed by atoms with van der Waals surface area (Å²) in [6.45, 7) is 7.72. The molecular weight excluding hydrogens is 358 g/mol. The van der Waals surface area contributed by atoms with Crippen LogP contribution in [0.5, 0.6) is 0 Å². The van der Waals surface area contributed by atoms with E-state index in [0.717, 1.165) is 65.1 Å². The number of aromatic amines is 1. The molecule has 156 valence electrons. The van der Waals surface area contributed by atoms with Gasteiger partial charge in [-0.1, -0.05) is 0 Å². The molecule has 0 aliphatic carbocycles. The van der Waals surface area contributed by atoms with Gasteiger partial charge >= 0.3 is 0 Å². The number of aryl methyl sites for hydroxylation is 1. The zero-order valence-corrected chi connectivity index (χ0v) is 17.1. The zero-order valence-electron chi connectivity index (χ0n) is 17.1. The number of nitrogens with zero attached hydrogens (tertiary/aromatic N) is 2. The Morgan fingerprint density at radius 3 is 2.71 bits per heavy atom. The fourth-order valence-electron chi connectivity index (χ4n) is 4.19. The number of likely N-dealkylation sites (tertiary alicyclic amines) is 1. The molecular formula is C21H33N3O4. The number of hydrogen-bond donors (Lipinski definition) is 1. The third kappa shape index (κ3) is 5.90. The highest BCUT2D eigenvalue weighted by Gasteiger charge is 2.28. The van der Waals surface area contributed by atoms with Crippen LogP contribution >= 0.6 is 0 Å². The molecule has 0 radical (unpaired) electrons. The van der Waals surface area contributed by atoms with Crippen molar-refractivity contribution < 1.29 is 14.3 Å². The molecule has 1 N–H and O–H groups in total. The van der Waals surface area contributed by atoms with Gasteiger partial charge in [-0.3, -0.25) is 9.59 Å². The second kappa shape index (κ2) is 10.2. The summed E-state index contributed by atoms with van der Waals surface area (Å²) in [5, 5.41) is 0. The van der Waals surface area contributed by atoms with Gasteiger partial charge < -0.3 is 24.3 Å². The molecule has 3 heterocycles. The van der Waals surface area contributed by atoms with Crippen molar-refractivity contribution in [3.8, 4) is 0 Å². The Labute approximate surface area is 167 Å². The minimum Gasteiger partial charge on any atom is -0.383 e. The summed E-state index contributed by atoms with van der Waals surface area (Å²) in [5.74, 6) is 0.416. The van der Waals surface area contributed by atoms with Crippen molar-refractivity contribution in [1.82, 2.24) is 14.8 Å². The number of methoxy groups -OCH3 is 1. The van der Waals surface area contributed by atoms with E-state index in [1.165, 1.54) is 6.07 Å². The van der Waals surface area contributed by atoms with Gasteiger partial charge in [-0.05, 0) is 57.7 Å². The van der Waals surface area contributed by atoms with Crippen LogP contribution in [-0.2, 0) is 9.47 Å². The van der Waals surface area contributed by atoms with Gasteiger partial charge in [-0.15, -0.1) is 0 Å². The lowest BCUT2D eigenvalue weighted by Crippen LogP contribution is -2.44. The summed E-state index contributed by atoms with van der Waals surface area (Å²) >= 11 is 0. The smallest absolute Gasteiger partial charge is 0.254 e. The van der Waals surface area contributed by atoms with Gasteiger partial charge in [0.25, 0.3) is 5.91 Å². The molecule has 7 heteroatoms. The molecule has 0 aromatic carbocycles. The number of piperidine rings is 1. The lowest BCUT2D eigenvalue weighted by Gasteiger charge is -2.35. The fraction of sp³-hybridized carbons (Fsp3) is 0.714. The Balaban J connectivity index is 1.65. The summed E-state index contributed by atoms with van der Waals surface area (Å²) in [4.78, 5) is 32.1. The predicted octanol–water partition coefficient (Wildman–Crippen LogP) is 1.66. The third-order valence-electron chi connectivity index (χ3n) is 5.76. The highest BCUT2D eigenvalue weighted by Crippen LogP contribution is 2.21. The lowest BCUT2D eigenvalue weighted by atomic mass is 9.95. The zero-order chi connectivity index (χ0) is 19.9. The van der Waals surface area contributed by atoms with Gasteiger partial charge in [0.15, 0.2) is 0 Å². The van der Waals surface area contributed by atoms with Crippen LogP contribution in [0.3, 0.4) is 0 Å². The molecule has 1 amide bonds. The third-order valence-corrected chi connectivity index (χ3v) is 5.76. The van der Waals surface area contributed by atoms with E-state index in [1.807, 2.05) is 4.90 Å². The van der Waals surface area contributed by atoms with Crippen LogP contribution in [0.15, 0.2) is 16.9 Å². The number of amides is 1. The van der Waals surface area contributed by atoms with Crippen LogP contribution in [0.25, 0.3) is 0 Å². The Kier molecular flexibility index (Phi) is 7.65. The van der Waals surface area contributed by atoms with Crippen LogP contribution in [0, 0.1) is 12.8 Å². The molecule has 0 bridgehead atoms. The van der Waals surface area contributed by atoms with Crippen LogP contribution in [0.1, 0.15) is 41.7 Å². The molecule has 2 aliphatic rings. The van der Waals surface area contributed by atoms with Gasteiger partial charge in [0.05, 0.1) is 12.7 Å². The molecule has 0 unspecified atom stereocenters. The van der Waals surface area contributed by atoms with Crippen LogP contribution in [0.4, 0.5) is 0 Å². The maximum Gasteiger partial charge on any atom is 0.254 e. The average molecular weight is 392 g/mol. The average Bonchev–Trinajstić information content (AvgIpc) is 3.18. The van der Waals surface area contributed by atoms with Crippen molar-refractivity contribution in [3.05, 3.63) is 33.7 Å². The SMILES string of the molecule is COCCN1CCC(CN(C[C@@H]2CCCO2)C(=O)c2cc(C)[nH]c(=O)c2)CC1. The lowest BCUT2D eigenvalue weighted by molar-refractivity contribution is 0.0436. The number of carbonyl (C=O) groups excluding carboxylic acids is 1. The van der Waals surface area contributed by atoms with E-state index in [0.29, 0.717) is 23.7 Å². The standard InChI is InChI=1S/C21H33N3O4/c1-16-12-18(13-20(25)22-16)21(26)24(15-19-4-3-10-28-19)14-17-5-7-23(8-6-17)9-11-27-2/h12-13,17,19H,3-11,14-15H2,1-2H3,(H,22,25)/t19-/m0/s1. The van der Waals surface area contributed by atoms with E-state index < -0.39 is 0 Å². The Morgan fingerprint density at radius 2 is 2.07 bits per heavy atom. The molecule has 28 heavy (non-hydrogen) atoms. The number of ether oxygens (including phenoxy) is 2. The molecule has 2 saturated heterocycles. The largest absolute Gasteiger partial charge is 0.383 e. The van der Waals surface area contributed by atoms with Crippen LogP contribution in [-0.4, -0.2) is 79.8 Å². The highest BCUT2D eigenvalue weighted by atomic mass is 16.5. The summed E-state index contributed by atoms with van der Waals surface area (Å²) in [7, 11) is 1.73. The second-order valence-electron chi connectivity index (χ2n) is 8.04. The summed E-state index contributed by atoms with van der Waals surface area (Å²) in [6.07, 6.45) is 4.30. The first-order valence-corrected chi connectivity index (χ1v) is 10.4. The molecule has 3 rings (SSSR count). The van der Waals surface area contributed by atoms with Crippen molar-refractivity contribution in [2.75, 3.05) is 53.0 Å². The van der Waals surface area contributed by atoms with Gasteiger partial charge in [-0.2, -0.15) is 0 Å². The van der Waals surface area contributed by atoms with E-state index in [4.69, 9.17) is 9.47 Å². The number of rotatable bonds is 8. The molecule has 1 atom stereocenters. The minimum absolute atomic E-state index is 0.0634. The topological polar surface area (TPSA) is 74.9 Å². The first kappa shape index (κ1) is 21.0. The molecule has 1 aromatic heterocycles. The predicted molar refractivity (Wildman–Crippen MR) is 108 cm³/mol. The molecule has 2 fully saturated rings. The van der Waals surface area contributed by atoms with Gasteiger partial charge in [0.2, 0.25) is 5.56 Å². The molecule has 0 spiro atoms. The monoisotopic (exact) mass is 391 g/mol. The second-order valence-corrected chi connectivity index (χ2v) is 8.04. The highest BCUT2D eigenvalue weighted by molar-refractivity contribution is 5.94. The number of aromatic nitrogens is 1. The Hall–Kier alpha value is -1.70. The maximum atomic E-state index is 13.2. The number of carbonyl (C=O) groups is 1. The quantitative estimate of drug-likeness (QED) is 0.730. The van der Waals surface area contributed by atoms with E-state index in [9.17, 15) is 9.59 Å². The normalized spacial score (nSPS) is 21.1. The first-order chi connectivity index (χ1) is 13.5. The number of pyridine rings is 1. The summed E-state index contributed by atoms with van der Waals surface area (Å²) in [6, 6.07) is 3.17. The number of H-pyrrole nitrogens is 1. The molecule has 2 aliphatic heterocycles. The van der Waals surface area contributed by atoms with Crippen molar-refractivity contribution in [3.63, 3.8) is 0 Å². The summed E-state index contributed by atoms with van der Waals surface area (Å²) < 4.78 is 11.0. The van der Waals surface area contributed by atoms with Gasteiger partial charge in [-0.25, -0.2) is 0 Å². The number of nitrogens with one attached hydrogen (secondary N) is 1. The van der Waals surface area contributed by atoms with Crippen molar-refractivity contribution in [2.24, 2.45) is 5.92 Å². The Morgan fingerprint density at radius 1 is 1.29 bits per heavy atom. The van der Waals surface area contributed by atoms with Gasteiger partial charge in [0, 0.05) is 50.7 Å². The summed E-state index contributed by atoms with van der Waals surface area (Å²) in [5.41, 5.74) is 0.947. The molecule has 7 nitrogen and oxygen atoms in total. The van der Waals surface area contributed by atoms with Crippen molar-refractivity contribution in [1.29, 1.82) is 0 Å². The Bertz CT molecular complexity index is 691. The van der Waals surface area contributed by atoms with Gasteiger partial charge in [0.1, 0.15) is 0 Å². The number of hydrogen-bond acceptors (Lipinski definition) is 5. The van der Waals surface area contributed by atoms with E-state index in [-0.39, 0.29) is 17.6 Å².